The predicted octanol–water partition coefficient (Wildman–Crippen LogP) is 12.7. The number of anilines is 1. The van der Waals surface area contributed by atoms with Gasteiger partial charge in [0.15, 0.2) is 0 Å². The SMILES string of the molecule is CC(C)(C)c1ccc(Oc2cc3c4c(cc(Oc5ccc(C(C)(C)C)cc5)c5c6ccc(N7CCCCC7)c7cccc(c2c45)c76)C(=O)N(N2C(=O)c4ccccc4C2=O)C3=O)cc1. The van der Waals surface area contributed by atoms with Crippen LogP contribution in [-0.4, -0.2) is 46.7 Å². The first kappa shape index (κ1) is 39.6. The summed E-state index contributed by atoms with van der Waals surface area (Å²) in [5, 5.41) is 7.71. The number of hydrogen-bond acceptors (Lipinski definition) is 7. The molecule has 3 heterocycles. The Hall–Kier alpha value is -7.26. The van der Waals surface area contributed by atoms with Crippen molar-refractivity contribution in [1.82, 2.24) is 10.0 Å². The topological polar surface area (TPSA) is 96.5 Å². The number of carbonyl (C=O) groups excluding carboxylic acids is 4. The summed E-state index contributed by atoms with van der Waals surface area (Å²) in [5.41, 5.74) is 3.70. The van der Waals surface area contributed by atoms with Crippen LogP contribution in [0.3, 0.4) is 0 Å². The van der Waals surface area contributed by atoms with E-state index in [2.05, 4.69) is 76.8 Å². The van der Waals surface area contributed by atoms with E-state index in [1.165, 1.54) is 18.6 Å². The maximum Gasteiger partial charge on any atom is 0.281 e. The highest BCUT2D eigenvalue weighted by Crippen LogP contribution is 2.53. The van der Waals surface area contributed by atoms with Crippen LogP contribution in [0.15, 0.2) is 115 Å². The molecule has 0 saturated carbocycles. The minimum atomic E-state index is -0.812. The van der Waals surface area contributed by atoms with Gasteiger partial charge in [0.25, 0.3) is 23.6 Å². The number of piperidine rings is 1. The number of benzene rings is 8. The Kier molecular flexibility index (Phi) is 8.74. The summed E-state index contributed by atoms with van der Waals surface area (Å²) in [5.74, 6) is -1.25. The van der Waals surface area contributed by atoms with Crippen LogP contribution in [0.1, 0.15) is 113 Å². The van der Waals surface area contributed by atoms with Crippen LogP contribution in [0.5, 0.6) is 23.0 Å². The van der Waals surface area contributed by atoms with E-state index >= 15 is 9.59 Å². The van der Waals surface area contributed by atoms with E-state index < -0.39 is 23.6 Å². The van der Waals surface area contributed by atoms with Crippen molar-refractivity contribution >= 4 is 72.4 Å². The van der Waals surface area contributed by atoms with Gasteiger partial charge < -0.3 is 14.4 Å². The zero-order valence-electron chi connectivity index (χ0n) is 36.8. The number of imide groups is 2. The Balaban J connectivity index is 1.23. The van der Waals surface area contributed by atoms with Gasteiger partial charge in [-0.3, -0.25) is 19.2 Å². The summed E-state index contributed by atoms with van der Waals surface area (Å²) in [6.07, 6.45) is 3.44. The molecule has 4 amide bonds. The van der Waals surface area contributed by atoms with Gasteiger partial charge >= 0.3 is 0 Å². The van der Waals surface area contributed by atoms with Crippen LogP contribution >= 0.6 is 0 Å². The van der Waals surface area contributed by atoms with Crippen LogP contribution in [-0.2, 0) is 10.8 Å². The van der Waals surface area contributed by atoms with Crippen molar-refractivity contribution in [3.8, 4) is 23.0 Å². The molecule has 0 aromatic heterocycles. The molecule has 11 rings (SSSR count). The van der Waals surface area contributed by atoms with Gasteiger partial charge in [-0.05, 0) is 112 Å². The van der Waals surface area contributed by atoms with E-state index in [4.69, 9.17) is 9.47 Å². The molecule has 318 valence electrons. The highest BCUT2D eigenvalue weighted by molar-refractivity contribution is 6.41. The van der Waals surface area contributed by atoms with E-state index in [9.17, 15) is 9.59 Å². The molecule has 0 spiro atoms. The van der Waals surface area contributed by atoms with Crippen LogP contribution in [0.25, 0.3) is 43.1 Å². The summed E-state index contributed by atoms with van der Waals surface area (Å²) in [6.45, 7) is 14.9. The smallest absolute Gasteiger partial charge is 0.281 e. The molecule has 1 fully saturated rings. The summed E-state index contributed by atoms with van der Waals surface area (Å²) in [4.78, 5) is 60.8. The first-order valence-electron chi connectivity index (χ1n) is 22.1. The Morgan fingerprint density at radius 1 is 0.422 bits per heavy atom. The number of carbonyl (C=O) groups is 4. The molecule has 0 atom stereocenters. The van der Waals surface area contributed by atoms with Crippen LogP contribution in [0.4, 0.5) is 5.69 Å². The second-order valence-corrected chi connectivity index (χ2v) is 19.4. The largest absolute Gasteiger partial charge is 0.457 e. The van der Waals surface area contributed by atoms with Gasteiger partial charge in [0, 0.05) is 45.7 Å². The number of nitrogens with zero attached hydrogens (tertiary/aromatic N) is 3. The Labute approximate surface area is 371 Å². The van der Waals surface area contributed by atoms with Crippen molar-refractivity contribution in [2.75, 3.05) is 18.0 Å². The average Bonchev–Trinajstić information content (AvgIpc) is 3.53. The van der Waals surface area contributed by atoms with Gasteiger partial charge in [0.2, 0.25) is 0 Å². The third kappa shape index (κ3) is 5.97. The van der Waals surface area contributed by atoms with E-state index in [0.29, 0.717) is 54.6 Å². The first-order chi connectivity index (χ1) is 30.7. The lowest BCUT2D eigenvalue weighted by atomic mass is 9.83. The molecule has 8 aromatic carbocycles. The van der Waals surface area contributed by atoms with E-state index in [1.54, 1.807) is 24.3 Å². The third-order valence-corrected chi connectivity index (χ3v) is 13.3. The molecule has 3 aliphatic rings. The summed E-state index contributed by atoms with van der Waals surface area (Å²) >= 11 is 0. The van der Waals surface area contributed by atoms with Crippen molar-refractivity contribution in [2.45, 2.75) is 71.6 Å². The number of amides is 4. The molecule has 8 aromatic rings. The van der Waals surface area contributed by atoms with E-state index in [1.807, 2.05) is 48.5 Å². The minimum Gasteiger partial charge on any atom is -0.457 e. The molecule has 9 nitrogen and oxygen atoms in total. The molecular weight excluding hydrogens is 799 g/mol. The van der Waals surface area contributed by atoms with Crippen LogP contribution in [0.2, 0.25) is 0 Å². The van der Waals surface area contributed by atoms with Gasteiger partial charge in [-0.2, -0.15) is 10.0 Å². The lowest BCUT2D eigenvalue weighted by molar-refractivity contribution is 0.00522. The molecule has 64 heavy (non-hydrogen) atoms. The Bertz CT molecular complexity index is 3130. The average molecular weight is 846 g/mol. The number of hydrogen-bond donors (Lipinski definition) is 0. The molecule has 3 aliphatic heterocycles. The van der Waals surface area contributed by atoms with Gasteiger partial charge in [0.1, 0.15) is 23.0 Å². The molecule has 0 aliphatic carbocycles. The second-order valence-electron chi connectivity index (χ2n) is 19.4. The number of hydrazine groups is 1. The summed E-state index contributed by atoms with van der Waals surface area (Å²) in [7, 11) is 0. The molecular formula is C55H47N3O6. The van der Waals surface area contributed by atoms with Crippen LogP contribution in [0, 0.1) is 0 Å². The van der Waals surface area contributed by atoms with Crippen molar-refractivity contribution in [1.29, 1.82) is 0 Å². The highest BCUT2D eigenvalue weighted by atomic mass is 16.5. The standard InChI is InChI=1S/C55H47N3O6/c1-54(2,3)31-17-21-33(22-18-31)63-43-29-40-46-41(53(62)58(52(40)61)57-50(59)35-13-8-9-14-36(35)51(57)60)30-44(64-34-23-19-32(20-24-34)55(4,5)6)48-39-25-26-42(56-27-10-7-11-28-56)37-15-12-16-38(45(37)39)47(43)49(46)48/h8-9,12-26,29-30H,7,10-11,27-28H2,1-6H3. The maximum atomic E-state index is 15.1. The van der Waals surface area contributed by atoms with Gasteiger partial charge in [-0.15, -0.1) is 0 Å². The zero-order valence-corrected chi connectivity index (χ0v) is 36.8. The molecule has 0 unspecified atom stereocenters. The summed E-state index contributed by atoms with van der Waals surface area (Å²) < 4.78 is 13.9. The molecule has 9 heteroatoms. The third-order valence-electron chi connectivity index (χ3n) is 13.3. The molecule has 0 radical (unpaired) electrons. The lowest BCUT2D eigenvalue weighted by Crippen LogP contribution is -2.54. The van der Waals surface area contributed by atoms with E-state index in [0.717, 1.165) is 64.3 Å². The molecule has 0 N–H and O–H groups in total. The normalized spacial score (nSPS) is 15.7. The predicted molar refractivity (Wildman–Crippen MR) is 252 cm³/mol. The monoisotopic (exact) mass is 845 g/mol. The second kappa shape index (κ2) is 14.1. The van der Waals surface area contributed by atoms with Crippen molar-refractivity contribution in [2.24, 2.45) is 0 Å². The zero-order chi connectivity index (χ0) is 44.4. The van der Waals surface area contributed by atoms with Crippen molar-refractivity contribution in [3.63, 3.8) is 0 Å². The van der Waals surface area contributed by atoms with Crippen LogP contribution < -0.4 is 14.4 Å². The number of fused-ring (bicyclic) bond motifs is 3. The quantitative estimate of drug-likeness (QED) is 0.0934. The van der Waals surface area contributed by atoms with Gasteiger partial charge in [-0.25, -0.2) is 0 Å². The molecule has 1 saturated heterocycles. The molecule has 0 bridgehead atoms. The fourth-order valence-corrected chi connectivity index (χ4v) is 10.00. The first-order valence-corrected chi connectivity index (χ1v) is 22.1. The Morgan fingerprint density at radius 2 is 0.875 bits per heavy atom. The van der Waals surface area contributed by atoms with Crippen molar-refractivity contribution < 1.29 is 28.7 Å². The lowest BCUT2D eigenvalue weighted by Gasteiger charge is -2.34. The minimum absolute atomic E-state index is 0.0929. The number of rotatable bonds is 6. The fraction of sp³-hybridized carbons (Fsp3) is 0.236. The van der Waals surface area contributed by atoms with Gasteiger partial charge in [-0.1, -0.05) is 102 Å². The Morgan fingerprint density at radius 3 is 1.36 bits per heavy atom. The fourth-order valence-electron chi connectivity index (χ4n) is 10.00. The van der Waals surface area contributed by atoms with Gasteiger partial charge in [0.05, 0.1) is 22.3 Å². The van der Waals surface area contributed by atoms with Crippen molar-refractivity contribution in [3.05, 3.63) is 149 Å². The highest BCUT2D eigenvalue weighted by Gasteiger charge is 2.48. The number of ether oxygens (including phenoxy) is 2. The summed E-state index contributed by atoms with van der Waals surface area (Å²) in [6, 6.07) is 36.2. The maximum absolute atomic E-state index is 15.1. The van der Waals surface area contributed by atoms with E-state index in [-0.39, 0.29) is 33.1 Å².